The maximum atomic E-state index is 12.6. The third-order valence-corrected chi connectivity index (χ3v) is 4.71. The predicted molar refractivity (Wildman–Crippen MR) is 112 cm³/mol. The number of thiol groups is 1. The van der Waals surface area contributed by atoms with E-state index in [4.69, 9.17) is 10.8 Å². The Bertz CT molecular complexity index is 642. The molecule has 0 bridgehead atoms. The summed E-state index contributed by atoms with van der Waals surface area (Å²) in [7, 11) is 0. The summed E-state index contributed by atoms with van der Waals surface area (Å²) >= 11 is 4.01. The zero-order valence-electron chi connectivity index (χ0n) is 17.5. The Labute approximate surface area is 180 Å². The van der Waals surface area contributed by atoms with Gasteiger partial charge in [-0.05, 0) is 18.3 Å². The monoisotopic (exact) mass is 448 g/mol. The van der Waals surface area contributed by atoms with Crippen molar-refractivity contribution in [2.75, 3.05) is 5.75 Å². The molecule has 0 aliphatic rings. The van der Waals surface area contributed by atoms with Crippen LogP contribution in [0.4, 0.5) is 0 Å². The zero-order valence-corrected chi connectivity index (χ0v) is 18.4. The standard InChI is InChI=1S/C18H32N4O7S/c1-8(2)13(19)17(27)20-10(5-6-12(23)24)15(25)21-11(7-30)16(26)22-14(9(3)4)18(28)29/h8-11,13-14,30H,5-7,19H2,1-4H3,(H,20,27)(H,21,25)(H,22,26)(H,23,24)(H,28,29). The van der Waals surface area contributed by atoms with E-state index in [0.29, 0.717) is 0 Å². The summed E-state index contributed by atoms with van der Waals surface area (Å²) in [6.07, 6.45) is -0.621. The van der Waals surface area contributed by atoms with Gasteiger partial charge in [-0.25, -0.2) is 4.79 Å². The number of nitrogens with one attached hydrogen (secondary N) is 3. The first-order chi connectivity index (χ1) is 13.8. The third-order valence-electron chi connectivity index (χ3n) is 4.35. The number of rotatable bonds is 13. The molecule has 7 N–H and O–H groups in total. The van der Waals surface area contributed by atoms with Crippen LogP contribution in [0.25, 0.3) is 0 Å². The van der Waals surface area contributed by atoms with Crippen LogP contribution in [-0.4, -0.2) is 69.8 Å². The second-order valence-corrected chi connectivity index (χ2v) is 7.94. The van der Waals surface area contributed by atoms with Crippen LogP contribution in [0.2, 0.25) is 0 Å². The van der Waals surface area contributed by atoms with Crippen molar-refractivity contribution in [3.8, 4) is 0 Å². The lowest BCUT2D eigenvalue weighted by atomic mass is 10.0. The van der Waals surface area contributed by atoms with Gasteiger partial charge < -0.3 is 31.9 Å². The van der Waals surface area contributed by atoms with Gasteiger partial charge in [-0.15, -0.1) is 0 Å². The summed E-state index contributed by atoms with van der Waals surface area (Å²) < 4.78 is 0. The van der Waals surface area contributed by atoms with Crippen molar-refractivity contribution in [1.82, 2.24) is 16.0 Å². The molecule has 0 aromatic rings. The molecule has 172 valence electrons. The van der Waals surface area contributed by atoms with Gasteiger partial charge in [0.1, 0.15) is 18.1 Å². The Morgan fingerprint density at radius 1 is 0.833 bits per heavy atom. The van der Waals surface area contributed by atoms with Gasteiger partial charge in [0.25, 0.3) is 0 Å². The Kier molecular flexibility index (Phi) is 12.0. The van der Waals surface area contributed by atoms with Crippen LogP contribution < -0.4 is 21.7 Å². The molecule has 0 saturated carbocycles. The minimum Gasteiger partial charge on any atom is -0.481 e. The average Bonchev–Trinajstić information content (AvgIpc) is 2.65. The zero-order chi connectivity index (χ0) is 23.6. The lowest BCUT2D eigenvalue weighted by Crippen LogP contribution is -2.58. The van der Waals surface area contributed by atoms with Crippen LogP contribution in [0.15, 0.2) is 0 Å². The van der Waals surface area contributed by atoms with Gasteiger partial charge in [0.05, 0.1) is 6.04 Å². The summed E-state index contributed by atoms with van der Waals surface area (Å²) in [5.41, 5.74) is 5.76. The third kappa shape index (κ3) is 9.44. The highest BCUT2D eigenvalue weighted by molar-refractivity contribution is 7.80. The van der Waals surface area contributed by atoms with Gasteiger partial charge in [-0.1, -0.05) is 27.7 Å². The summed E-state index contributed by atoms with van der Waals surface area (Å²) in [5, 5.41) is 25.2. The number of carbonyl (C=O) groups excluding carboxylic acids is 3. The number of carboxylic acid groups (broad SMARTS) is 2. The Hall–Kier alpha value is -2.34. The quantitative estimate of drug-likeness (QED) is 0.174. The number of aliphatic carboxylic acids is 2. The molecule has 4 atom stereocenters. The number of carbonyl (C=O) groups is 5. The molecule has 0 aliphatic heterocycles. The second-order valence-electron chi connectivity index (χ2n) is 7.58. The second kappa shape index (κ2) is 13.1. The molecule has 0 saturated heterocycles. The first-order valence-electron chi connectivity index (χ1n) is 9.53. The highest BCUT2D eigenvalue weighted by atomic mass is 32.1. The van der Waals surface area contributed by atoms with Crippen LogP contribution in [0, 0.1) is 11.8 Å². The molecular weight excluding hydrogens is 416 g/mol. The molecule has 0 heterocycles. The molecule has 0 radical (unpaired) electrons. The largest absolute Gasteiger partial charge is 0.481 e. The molecule has 30 heavy (non-hydrogen) atoms. The molecule has 12 heteroatoms. The number of nitrogens with two attached hydrogens (primary N) is 1. The highest BCUT2D eigenvalue weighted by Crippen LogP contribution is 2.05. The molecule has 0 aromatic heterocycles. The Balaban J connectivity index is 5.30. The fourth-order valence-electron chi connectivity index (χ4n) is 2.34. The van der Waals surface area contributed by atoms with Gasteiger partial charge in [-0.2, -0.15) is 12.6 Å². The fraction of sp³-hybridized carbons (Fsp3) is 0.722. The van der Waals surface area contributed by atoms with E-state index in [0.717, 1.165) is 0 Å². The SMILES string of the molecule is CC(C)C(N)C(=O)NC(CCC(=O)O)C(=O)NC(CS)C(=O)NC(C(=O)O)C(C)C. The summed E-state index contributed by atoms with van der Waals surface area (Å²) in [5.74, 6) is -5.35. The molecule has 0 spiro atoms. The summed E-state index contributed by atoms with van der Waals surface area (Å²) in [6, 6.07) is -4.50. The molecule has 0 aromatic carbocycles. The number of hydrogen-bond acceptors (Lipinski definition) is 7. The van der Waals surface area contributed by atoms with Gasteiger partial charge >= 0.3 is 11.9 Å². The van der Waals surface area contributed by atoms with E-state index in [9.17, 15) is 29.1 Å². The number of carboxylic acids is 2. The van der Waals surface area contributed by atoms with E-state index in [1.54, 1.807) is 27.7 Å². The van der Waals surface area contributed by atoms with Crippen molar-refractivity contribution in [3.63, 3.8) is 0 Å². The smallest absolute Gasteiger partial charge is 0.326 e. The van der Waals surface area contributed by atoms with Gasteiger partial charge in [0, 0.05) is 12.2 Å². The molecule has 4 unspecified atom stereocenters. The maximum Gasteiger partial charge on any atom is 0.326 e. The minimum atomic E-state index is -1.24. The van der Waals surface area contributed by atoms with Crippen molar-refractivity contribution in [2.45, 2.75) is 64.7 Å². The lowest BCUT2D eigenvalue weighted by molar-refractivity contribution is -0.143. The van der Waals surface area contributed by atoms with E-state index in [1.165, 1.54) is 0 Å². The van der Waals surface area contributed by atoms with Crippen molar-refractivity contribution in [1.29, 1.82) is 0 Å². The molecular formula is C18H32N4O7S. The van der Waals surface area contributed by atoms with Crippen molar-refractivity contribution in [2.24, 2.45) is 17.6 Å². The van der Waals surface area contributed by atoms with Crippen LogP contribution >= 0.6 is 12.6 Å². The highest BCUT2D eigenvalue weighted by Gasteiger charge is 2.31. The van der Waals surface area contributed by atoms with Crippen LogP contribution in [0.3, 0.4) is 0 Å². The van der Waals surface area contributed by atoms with Crippen molar-refractivity contribution < 1.29 is 34.2 Å². The predicted octanol–water partition coefficient (Wildman–Crippen LogP) is -1.04. The molecule has 3 amide bonds. The Morgan fingerprint density at radius 3 is 1.73 bits per heavy atom. The summed E-state index contributed by atoms with van der Waals surface area (Å²) in [4.78, 5) is 59.4. The van der Waals surface area contributed by atoms with Crippen molar-refractivity contribution in [3.05, 3.63) is 0 Å². The lowest BCUT2D eigenvalue weighted by Gasteiger charge is -2.25. The topological polar surface area (TPSA) is 188 Å². The number of amides is 3. The van der Waals surface area contributed by atoms with E-state index >= 15 is 0 Å². The molecule has 0 rings (SSSR count). The van der Waals surface area contributed by atoms with Crippen LogP contribution in [-0.2, 0) is 24.0 Å². The van der Waals surface area contributed by atoms with Gasteiger partial charge in [0.15, 0.2) is 0 Å². The first kappa shape index (κ1) is 27.7. The minimum absolute atomic E-state index is 0.146. The van der Waals surface area contributed by atoms with Gasteiger partial charge in [-0.3, -0.25) is 19.2 Å². The van der Waals surface area contributed by atoms with E-state index in [-0.39, 0.29) is 18.1 Å². The van der Waals surface area contributed by atoms with Crippen molar-refractivity contribution >= 4 is 42.3 Å². The first-order valence-corrected chi connectivity index (χ1v) is 10.2. The molecule has 0 fully saturated rings. The molecule has 11 nitrogen and oxygen atoms in total. The molecule has 0 aliphatic carbocycles. The van der Waals surface area contributed by atoms with E-state index in [1.807, 2.05) is 0 Å². The normalized spacial score (nSPS) is 15.1. The Morgan fingerprint density at radius 2 is 1.33 bits per heavy atom. The van der Waals surface area contributed by atoms with Gasteiger partial charge in [0.2, 0.25) is 17.7 Å². The van der Waals surface area contributed by atoms with Crippen LogP contribution in [0.5, 0.6) is 0 Å². The van der Waals surface area contributed by atoms with E-state index in [2.05, 4.69) is 28.6 Å². The average molecular weight is 449 g/mol. The van der Waals surface area contributed by atoms with E-state index < -0.39 is 66.2 Å². The maximum absolute atomic E-state index is 12.6. The van der Waals surface area contributed by atoms with Crippen LogP contribution in [0.1, 0.15) is 40.5 Å². The fourth-order valence-corrected chi connectivity index (χ4v) is 2.60. The number of hydrogen-bond donors (Lipinski definition) is 7. The summed E-state index contributed by atoms with van der Waals surface area (Å²) in [6.45, 7) is 6.66.